The largest absolute Gasteiger partial charge is 0.353 e. The zero-order chi connectivity index (χ0) is 16.9. The fraction of sp³-hybridized carbons (Fsp3) is 0.529. The smallest absolute Gasteiger partial charge is 0.230 e. The van der Waals surface area contributed by atoms with E-state index in [9.17, 15) is 4.79 Å². The van der Waals surface area contributed by atoms with Crippen molar-refractivity contribution in [3.63, 3.8) is 0 Å². The first-order valence-corrected chi connectivity index (χ1v) is 9.39. The van der Waals surface area contributed by atoms with Crippen LogP contribution in [-0.2, 0) is 4.79 Å². The van der Waals surface area contributed by atoms with E-state index in [1.165, 1.54) is 31.0 Å². The van der Waals surface area contributed by atoms with Crippen molar-refractivity contribution in [2.24, 2.45) is 0 Å². The van der Waals surface area contributed by atoms with Crippen molar-refractivity contribution < 1.29 is 4.79 Å². The van der Waals surface area contributed by atoms with Crippen molar-refractivity contribution in [3.05, 3.63) is 29.3 Å². The minimum Gasteiger partial charge on any atom is -0.353 e. The van der Waals surface area contributed by atoms with Gasteiger partial charge in [-0.1, -0.05) is 37.1 Å². The van der Waals surface area contributed by atoms with E-state index in [2.05, 4.69) is 26.9 Å². The lowest BCUT2D eigenvalue weighted by atomic mass is 9.95. The topological polar surface area (TPSA) is 72.7 Å². The lowest BCUT2D eigenvalue weighted by Gasteiger charge is -2.22. The normalized spacial score (nSPS) is 15.4. The fourth-order valence-corrected chi connectivity index (χ4v) is 3.85. The van der Waals surface area contributed by atoms with E-state index in [1.54, 1.807) is 4.68 Å². The van der Waals surface area contributed by atoms with Gasteiger partial charge in [0.2, 0.25) is 11.1 Å². The molecular weight excluding hydrogens is 322 g/mol. The Morgan fingerprint density at radius 1 is 1.21 bits per heavy atom. The fourth-order valence-electron chi connectivity index (χ4n) is 3.15. The van der Waals surface area contributed by atoms with Gasteiger partial charge in [0.05, 0.1) is 11.4 Å². The highest BCUT2D eigenvalue weighted by Gasteiger charge is 2.17. The summed E-state index contributed by atoms with van der Waals surface area (Å²) in [4.78, 5) is 12.2. The van der Waals surface area contributed by atoms with Gasteiger partial charge in [-0.05, 0) is 60.4 Å². The minimum atomic E-state index is 0.0573. The first-order valence-electron chi connectivity index (χ1n) is 8.41. The van der Waals surface area contributed by atoms with Gasteiger partial charge in [0, 0.05) is 6.04 Å². The summed E-state index contributed by atoms with van der Waals surface area (Å²) >= 11 is 1.37. The summed E-state index contributed by atoms with van der Waals surface area (Å²) in [7, 11) is 0. The molecule has 6 nitrogen and oxygen atoms in total. The van der Waals surface area contributed by atoms with Crippen LogP contribution in [0.5, 0.6) is 0 Å². The maximum atomic E-state index is 12.2. The molecule has 7 heteroatoms. The summed E-state index contributed by atoms with van der Waals surface area (Å²) in [5.74, 6) is 0.392. The molecule has 1 aliphatic carbocycles. The summed E-state index contributed by atoms with van der Waals surface area (Å²) in [6, 6.07) is 6.52. The Bertz CT molecular complexity index is 689. The van der Waals surface area contributed by atoms with E-state index < -0.39 is 0 Å². The number of carbonyl (C=O) groups is 1. The van der Waals surface area contributed by atoms with Crippen LogP contribution in [0.2, 0.25) is 0 Å². The number of nitrogens with one attached hydrogen (secondary N) is 1. The number of aromatic nitrogens is 4. The zero-order valence-corrected chi connectivity index (χ0v) is 15.0. The molecule has 1 saturated carbocycles. The van der Waals surface area contributed by atoms with Gasteiger partial charge >= 0.3 is 0 Å². The van der Waals surface area contributed by atoms with Crippen molar-refractivity contribution in [1.29, 1.82) is 0 Å². The number of tetrazole rings is 1. The third-order valence-electron chi connectivity index (χ3n) is 4.19. The number of hydrogen-bond donors (Lipinski definition) is 1. The van der Waals surface area contributed by atoms with Gasteiger partial charge in [-0.2, -0.15) is 4.68 Å². The molecule has 24 heavy (non-hydrogen) atoms. The van der Waals surface area contributed by atoms with E-state index in [0.717, 1.165) is 29.7 Å². The van der Waals surface area contributed by atoms with Gasteiger partial charge in [-0.15, -0.1) is 5.10 Å². The number of nitrogens with zero attached hydrogens (tertiary/aromatic N) is 4. The number of carbonyl (C=O) groups excluding carboxylic acids is 1. The quantitative estimate of drug-likeness (QED) is 0.844. The lowest BCUT2D eigenvalue weighted by Crippen LogP contribution is -2.37. The third-order valence-corrected chi connectivity index (χ3v) is 5.11. The number of benzene rings is 1. The molecule has 1 amide bonds. The second-order valence-electron chi connectivity index (χ2n) is 6.41. The summed E-state index contributed by atoms with van der Waals surface area (Å²) in [6.45, 7) is 4.09. The Hall–Kier alpha value is -1.89. The van der Waals surface area contributed by atoms with Gasteiger partial charge in [0.25, 0.3) is 0 Å². The first kappa shape index (κ1) is 17.0. The molecule has 0 bridgehead atoms. The van der Waals surface area contributed by atoms with Gasteiger partial charge in [0.15, 0.2) is 0 Å². The summed E-state index contributed by atoms with van der Waals surface area (Å²) in [5, 5.41) is 15.6. The van der Waals surface area contributed by atoms with Crippen molar-refractivity contribution in [3.8, 4) is 5.69 Å². The molecular formula is C17H23N5OS. The Labute approximate surface area is 146 Å². The molecule has 2 aromatic rings. The Morgan fingerprint density at radius 2 is 1.92 bits per heavy atom. The van der Waals surface area contributed by atoms with E-state index in [1.807, 2.05) is 26.0 Å². The van der Waals surface area contributed by atoms with Gasteiger partial charge in [0.1, 0.15) is 0 Å². The Kier molecular flexibility index (Phi) is 5.50. The van der Waals surface area contributed by atoms with Crippen LogP contribution in [0.4, 0.5) is 0 Å². The van der Waals surface area contributed by atoms with Crippen molar-refractivity contribution >= 4 is 17.7 Å². The highest BCUT2D eigenvalue weighted by molar-refractivity contribution is 7.99. The molecule has 0 spiro atoms. The minimum absolute atomic E-state index is 0.0573. The molecule has 1 aromatic heterocycles. The van der Waals surface area contributed by atoms with E-state index in [-0.39, 0.29) is 5.91 Å². The Balaban J connectivity index is 1.62. The second kappa shape index (κ2) is 7.79. The summed E-state index contributed by atoms with van der Waals surface area (Å²) < 4.78 is 1.69. The Morgan fingerprint density at radius 3 is 2.62 bits per heavy atom. The van der Waals surface area contributed by atoms with Crippen molar-refractivity contribution in [2.75, 3.05) is 5.75 Å². The van der Waals surface area contributed by atoms with E-state index in [0.29, 0.717) is 17.0 Å². The molecule has 0 atom stereocenters. The van der Waals surface area contributed by atoms with Crippen LogP contribution in [-0.4, -0.2) is 37.9 Å². The van der Waals surface area contributed by atoms with Crippen LogP contribution in [0.25, 0.3) is 5.69 Å². The molecule has 3 rings (SSSR count). The molecule has 1 fully saturated rings. The molecule has 0 unspecified atom stereocenters. The standard InChI is InChI=1S/C17H23N5OS/c1-12-8-13(2)10-15(9-12)22-17(19-20-21-22)24-11-16(23)18-14-6-4-3-5-7-14/h8-10,14H,3-7,11H2,1-2H3,(H,18,23). The molecule has 1 aromatic carbocycles. The van der Waals surface area contributed by atoms with Crippen LogP contribution in [0.15, 0.2) is 23.4 Å². The lowest BCUT2D eigenvalue weighted by molar-refractivity contribution is -0.119. The SMILES string of the molecule is Cc1cc(C)cc(-n2nnnc2SCC(=O)NC2CCCCC2)c1. The molecule has 1 N–H and O–H groups in total. The van der Waals surface area contributed by atoms with Gasteiger partial charge in [-0.25, -0.2) is 0 Å². The van der Waals surface area contributed by atoms with Crippen LogP contribution < -0.4 is 5.32 Å². The molecule has 0 radical (unpaired) electrons. The van der Waals surface area contributed by atoms with E-state index in [4.69, 9.17) is 0 Å². The molecule has 1 heterocycles. The highest BCUT2D eigenvalue weighted by Crippen LogP contribution is 2.21. The van der Waals surface area contributed by atoms with Gasteiger partial charge < -0.3 is 5.32 Å². The molecule has 0 saturated heterocycles. The number of hydrogen-bond acceptors (Lipinski definition) is 5. The average Bonchev–Trinajstić information content (AvgIpc) is 3.01. The summed E-state index contributed by atoms with van der Waals surface area (Å²) in [5.41, 5.74) is 3.24. The third kappa shape index (κ3) is 4.35. The van der Waals surface area contributed by atoms with E-state index >= 15 is 0 Å². The highest BCUT2D eigenvalue weighted by atomic mass is 32.2. The maximum Gasteiger partial charge on any atom is 0.230 e. The zero-order valence-electron chi connectivity index (χ0n) is 14.2. The van der Waals surface area contributed by atoms with Crippen LogP contribution in [0, 0.1) is 13.8 Å². The maximum absolute atomic E-state index is 12.2. The van der Waals surface area contributed by atoms with Crippen LogP contribution >= 0.6 is 11.8 Å². The summed E-state index contributed by atoms with van der Waals surface area (Å²) in [6.07, 6.45) is 5.89. The van der Waals surface area contributed by atoms with Gasteiger partial charge in [-0.3, -0.25) is 4.79 Å². The monoisotopic (exact) mass is 345 g/mol. The van der Waals surface area contributed by atoms with Crippen LogP contribution in [0.3, 0.4) is 0 Å². The van der Waals surface area contributed by atoms with Crippen molar-refractivity contribution in [2.45, 2.75) is 57.1 Å². The predicted octanol–water partition coefficient (Wildman–Crippen LogP) is 2.82. The first-order chi connectivity index (χ1) is 11.6. The predicted molar refractivity (Wildman–Crippen MR) is 94.4 cm³/mol. The number of amides is 1. The number of aryl methyl sites for hydroxylation is 2. The average molecular weight is 345 g/mol. The second-order valence-corrected chi connectivity index (χ2v) is 7.35. The molecule has 1 aliphatic rings. The molecule has 128 valence electrons. The number of thioether (sulfide) groups is 1. The number of rotatable bonds is 5. The molecule has 0 aliphatic heterocycles. The van der Waals surface area contributed by atoms with Crippen LogP contribution in [0.1, 0.15) is 43.2 Å². The van der Waals surface area contributed by atoms with Crippen molar-refractivity contribution in [1.82, 2.24) is 25.5 Å².